The summed E-state index contributed by atoms with van der Waals surface area (Å²) in [6.07, 6.45) is 2.96. The second kappa shape index (κ2) is 7.25. The van der Waals surface area contributed by atoms with Crippen LogP contribution in [-0.2, 0) is 0 Å². The van der Waals surface area contributed by atoms with E-state index < -0.39 is 0 Å². The largest absolute Gasteiger partial charge is 0.366 e. The Morgan fingerprint density at radius 3 is 2.58 bits per heavy atom. The molecule has 1 aliphatic heterocycles. The summed E-state index contributed by atoms with van der Waals surface area (Å²) in [4.78, 5) is 7.03. The van der Waals surface area contributed by atoms with E-state index in [0.29, 0.717) is 5.92 Å². The van der Waals surface area contributed by atoms with Gasteiger partial charge in [0.1, 0.15) is 0 Å². The SMILES string of the molecule is CCN1c2cc(Cl)c(C=Nc3ccc(C)c(Cl)c3)cc2C(C)CC1(C)C. The number of halogens is 2. The van der Waals surface area contributed by atoms with Crippen LogP contribution in [0, 0.1) is 6.92 Å². The summed E-state index contributed by atoms with van der Waals surface area (Å²) in [5.74, 6) is 0.487. The molecule has 0 saturated carbocycles. The highest BCUT2D eigenvalue weighted by Gasteiger charge is 2.35. The molecule has 0 radical (unpaired) electrons. The Balaban J connectivity index is 1.99. The van der Waals surface area contributed by atoms with Crippen LogP contribution in [0.15, 0.2) is 35.3 Å². The van der Waals surface area contributed by atoms with Crippen LogP contribution in [0.5, 0.6) is 0 Å². The number of hydrogen-bond acceptors (Lipinski definition) is 2. The van der Waals surface area contributed by atoms with Crippen LogP contribution in [0.25, 0.3) is 0 Å². The number of anilines is 1. The van der Waals surface area contributed by atoms with Crippen molar-refractivity contribution in [3.8, 4) is 0 Å². The van der Waals surface area contributed by atoms with E-state index in [1.165, 1.54) is 11.3 Å². The maximum atomic E-state index is 6.60. The summed E-state index contributed by atoms with van der Waals surface area (Å²) in [5.41, 5.74) is 5.56. The molecule has 4 heteroatoms. The van der Waals surface area contributed by atoms with Crippen molar-refractivity contribution >= 4 is 40.8 Å². The predicted molar refractivity (Wildman–Crippen MR) is 115 cm³/mol. The first-order chi connectivity index (χ1) is 12.2. The number of hydrogen-bond donors (Lipinski definition) is 0. The Bertz CT molecular complexity index is 855. The zero-order chi connectivity index (χ0) is 19.1. The molecule has 0 fully saturated rings. The van der Waals surface area contributed by atoms with Gasteiger partial charge in [0.2, 0.25) is 0 Å². The van der Waals surface area contributed by atoms with Crippen molar-refractivity contribution in [1.82, 2.24) is 0 Å². The number of nitrogens with zero attached hydrogens (tertiary/aromatic N) is 2. The first kappa shape index (κ1) is 19.3. The monoisotopic (exact) mass is 388 g/mol. The molecule has 26 heavy (non-hydrogen) atoms. The topological polar surface area (TPSA) is 15.6 Å². The van der Waals surface area contributed by atoms with E-state index in [1.807, 2.05) is 31.3 Å². The minimum absolute atomic E-state index is 0.138. The second-order valence-electron chi connectivity index (χ2n) is 7.79. The highest BCUT2D eigenvalue weighted by Crippen LogP contribution is 2.44. The van der Waals surface area contributed by atoms with Crippen molar-refractivity contribution in [3.05, 3.63) is 57.1 Å². The molecule has 0 amide bonds. The second-order valence-corrected chi connectivity index (χ2v) is 8.60. The molecular formula is C22H26Cl2N2. The van der Waals surface area contributed by atoms with Gasteiger partial charge in [-0.25, -0.2) is 0 Å². The first-order valence-electron chi connectivity index (χ1n) is 9.14. The normalized spacial score (nSPS) is 19.0. The molecule has 1 atom stereocenters. The highest BCUT2D eigenvalue weighted by atomic mass is 35.5. The zero-order valence-corrected chi connectivity index (χ0v) is 17.6. The lowest BCUT2D eigenvalue weighted by atomic mass is 9.79. The quantitative estimate of drug-likeness (QED) is 0.508. The molecule has 0 saturated heterocycles. The van der Waals surface area contributed by atoms with Crippen molar-refractivity contribution in [3.63, 3.8) is 0 Å². The summed E-state index contributed by atoms with van der Waals surface area (Å²) < 4.78 is 0. The van der Waals surface area contributed by atoms with Crippen molar-refractivity contribution in [2.24, 2.45) is 4.99 Å². The average Bonchev–Trinajstić information content (AvgIpc) is 2.56. The molecule has 2 aromatic rings. The van der Waals surface area contributed by atoms with Gasteiger partial charge in [0.25, 0.3) is 0 Å². The molecule has 1 unspecified atom stereocenters. The Morgan fingerprint density at radius 1 is 1.19 bits per heavy atom. The molecule has 1 heterocycles. The summed E-state index contributed by atoms with van der Waals surface area (Å²) in [6, 6.07) is 10.1. The van der Waals surface area contributed by atoms with Crippen molar-refractivity contribution in [1.29, 1.82) is 0 Å². The van der Waals surface area contributed by atoms with Gasteiger partial charge in [0, 0.05) is 34.6 Å². The number of fused-ring (bicyclic) bond motifs is 1. The molecule has 0 N–H and O–H groups in total. The molecule has 1 aliphatic rings. The molecule has 138 valence electrons. The van der Waals surface area contributed by atoms with E-state index in [0.717, 1.165) is 39.8 Å². The van der Waals surface area contributed by atoms with Crippen LogP contribution in [0.4, 0.5) is 11.4 Å². The molecular weight excluding hydrogens is 363 g/mol. The van der Waals surface area contributed by atoms with Crippen molar-refractivity contribution in [2.45, 2.75) is 52.5 Å². The fraction of sp³-hybridized carbons (Fsp3) is 0.409. The summed E-state index contributed by atoms with van der Waals surface area (Å²) in [7, 11) is 0. The number of rotatable bonds is 3. The van der Waals surface area contributed by atoms with E-state index in [2.05, 4.69) is 49.7 Å². The zero-order valence-electron chi connectivity index (χ0n) is 16.1. The third-order valence-electron chi connectivity index (χ3n) is 5.33. The number of benzene rings is 2. The van der Waals surface area contributed by atoms with Crippen LogP contribution in [0.3, 0.4) is 0 Å². The van der Waals surface area contributed by atoms with E-state index in [4.69, 9.17) is 23.2 Å². The van der Waals surface area contributed by atoms with Gasteiger partial charge >= 0.3 is 0 Å². The lowest BCUT2D eigenvalue weighted by Gasteiger charge is -2.47. The third-order valence-corrected chi connectivity index (χ3v) is 6.06. The standard InChI is InChI=1S/C22H26Cl2N2/c1-6-26-21-11-20(24)16(9-18(21)15(3)12-22(26,4)5)13-25-17-8-7-14(2)19(23)10-17/h7-11,13,15H,6,12H2,1-5H3. The molecule has 0 bridgehead atoms. The van der Waals surface area contributed by atoms with E-state index in [9.17, 15) is 0 Å². The predicted octanol–water partition coefficient (Wildman–Crippen LogP) is 7.16. The van der Waals surface area contributed by atoms with Gasteiger partial charge in [-0.3, -0.25) is 4.99 Å². The average molecular weight is 389 g/mol. The van der Waals surface area contributed by atoms with Gasteiger partial charge in [-0.2, -0.15) is 0 Å². The van der Waals surface area contributed by atoms with Gasteiger partial charge in [-0.1, -0.05) is 36.2 Å². The van der Waals surface area contributed by atoms with Gasteiger partial charge < -0.3 is 4.90 Å². The van der Waals surface area contributed by atoms with Gasteiger partial charge in [-0.05, 0) is 75.4 Å². The number of aliphatic imine (C=N–C) groups is 1. The Kier molecular flexibility index (Phi) is 5.37. The first-order valence-corrected chi connectivity index (χ1v) is 9.90. The maximum absolute atomic E-state index is 6.60. The minimum Gasteiger partial charge on any atom is -0.366 e. The lowest BCUT2D eigenvalue weighted by Crippen LogP contribution is -2.48. The molecule has 2 aromatic carbocycles. The fourth-order valence-corrected chi connectivity index (χ4v) is 4.41. The molecule has 0 spiro atoms. The summed E-state index contributed by atoms with van der Waals surface area (Å²) in [6.45, 7) is 12.1. The van der Waals surface area contributed by atoms with Crippen molar-refractivity contribution < 1.29 is 0 Å². The van der Waals surface area contributed by atoms with Crippen LogP contribution in [0.1, 0.15) is 56.7 Å². The molecule has 0 aromatic heterocycles. The van der Waals surface area contributed by atoms with Crippen LogP contribution < -0.4 is 4.90 Å². The minimum atomic E-state index is 0.138. The smallest absolute Gasteiger partial charge is 0.0644 e. The lowest BCUT2D eigenvalue weighted by molar-refractivity contribution is 0.381. The Morgan fingerprint density at radius 2 is 1.92 bits per heavy atom. The van der Waals surface area contributed by atoms with E-state index >= 15 is 0 Å². The van der Waals surface area contributed by atoms with Crippen molar-refractivity contribution in [2.75, 3.05) is 11.4 Å². The fourth-order valence-electron chi connectivity index (χ4n) is 4.02. The van der Waals surface area contributed by atoms with E-state index in [1.54, 1.807) is 0 Å². The maximum Gasteiger partial charge on any atom is 0.0644 e. The van der Waals surface area contributed by atoms with Crippen LogP contribution in [-0.4, -0.2) is 18.3 Å². The van der Waals surface area contributed by atoms with E-state index in [-0.39, 0.29) is 5.54 Å². The molecule has 3 rings (SSSR count). The Hall–Kier alpha value is -1.51. The Labute approximate surface area is 166 Å². The summed E-state index contributed by atoms with van der Waals surface area (Å²) in [5, 5.41) is 1.46. The molecule has 2 nitrogen and oxygen atoms in total. The summed E-state index contributed by atoms with van der Waals surface area (Å²) >= 11 is 12.8. The molecule has 0 aliphatic carbocycles. The van der Waals surface area contributed by atoms with Crippen LogP contribution >= 0.6 is 23.2 Å². The van der Waals surface area contributed by atoms with Crippen LogP contribution in [0.2, 0.25) is 10.0 Å². The van der Waals surface area contributed by atoms with Gasteiger partial charge in [0.15, 0.2) is 0 Å². The van der Waals surface area contributed by atoms with Gasteiger partial charge in [-0.15, -0.1) is 0 Å². The third kappa shape index (κ3) is 3.63. The van der Waals surface area contributed by atoms with Gasteiger partial charge in [0.05, 0.1) is 10.7 Å². The highest BCUT2D eigenvalue weighted by molar-refractivity contribution is 6.33. The number of aryl methyl sites for hydroxylation is 1.